The fourth-order valence-electron chi connectivity index (χ4n) is 4.01. The van der Waals surface area contributed by atoms with Gasteiger partial charge in [0.25, 0.3) is 5.91 Å². The van der Waals surface area contributed by atoms with Crippen molar-refractivity contribution in [2.24, 2.45) is 0 Å². The number of nitrogens with zero attached hydrogens (tertiary/aromatic N) is 3. The van der Waals surface area contributed by atoms with Gasteiger partial charge in [-0.2, -0.15) is 4.98 Å². The van der Waals surface area contributed by atoms with E-state index in [4.69, 9.17) is 4.74 Å². The van der Waals surface area contributed by atoms with Crippen LogP contribution in [-0.2, 0) is 15.8 Å². The third-order valence-electron chi connectivity index (χ3n) is 5.87. The third-order valence-corrected chi connectivity index (χ3v) is 8.56. The molecule has 0 radical (unpaired) electrons. The van der Waals surface area contributed by atoms with Crippen molar-refractivity contribution in [3.63, 3.8) is 0 Å². The maximum absolute atomic E-state index is 12.7. The summed E-state index contributed by atoms with van der Waals surface area (Å²) in [5.41, 5.74) is 1.33. The van der Waals surface area contributed by atoms with E-state index in [1.54, 1.807) is 12.3 Å². The van der Waals surface area contributed by atoms with Crippen LogP contribution < -0.4 is 20.7 Å². The predicted molar refractivity (Wildman–Crippen MR) is 134 cm³/mol. The van der Waals surface area contributed by atoms with Gasteiger partial charge in [-0.15, -0.1) is 0 Å². The number of piperidine rings is 1. The number of nitrogens with one attached hydrogen (secondary N) is 3. The number of carbonyl (C=O) groups is 1. The zero-order chi connectivity index (χ0) is 23.4. The minimum absolute atomic E-state index is 0.0236. The van der Waals surface area contributed by atoms with E-state index in [9.17, 15) is 9.00 Å². The van der Waals surface area contributed by atoms with E-state index in [-0.39, 0.29) is 23.8 Å². The highest BCUT2D eigenvalue weighted by Crippen LogP contribution is 2.38. The SMILES string of the molecule is CCC(CC)S(=O)N1CCC(Nc2ncc(Br)c(Nc3cccc4c3OCC(=O)N4)n2)CC1. The summed E-state index contributed by atoms with van der Waals surface area (Å²) in [5, 5.41) is 9.74. The smallest absolute Gasteiger partial charge is 0.262 e. The molecule has 33 heavy (non-hydrogen) atoms. The van der Waals surface area contributed by atoms with Crippen molar-refractivity contribution in [3.05, 3.63) is 28.9 Å². The molecule has 3 N–H and O–H groups in total. The van der Waals surface area contributed by atoms with Gasteiger partial charge in [0, 0.05) is 30.6 Å². The average molecular weight is 537 g/mol. The molecule has 9 nitrogen and oxygen atoms in total. The van der Waals surface area contributed by atoms with E-state index in [0.717, 1.165) is 38.8 Å². The van der Waals surface area contributed by atoms with Crippen LogP contribution in [0.25, 0.3) is 0 Å². The minimum atomic E-state index is -0.919. The van der Waals surface area contributed by atoms with Gasteiger partial charge in [-0.25, -0.2) is 13.5 Å². The van der Waals surface area contributed by atoms with Crippen molar-refractivity contribution in [2.75, 3.05) is 35.6 Å². The number of ether oxygens (including phenoxy) is 1. The maximum atomic E-state index is 12.7. The number of hydrogen-bond acceptors (Lipinski definition) is 7. The molecule has 4 rings (SSSR count). The van der Waals surface area contributed by atoms with E-state index in [1.807, 2.05) is 12.1 Å². The van der Waals surface area contributed by atoms with Crippen LogP contribution in [0, 0.1) is 0 Å². The van der Waals surface area contributed by atoms with Crippen LogP contribution in [0.2, 0.25) is 0 Å². The summed E-state index contributed by atoms with van der Waals surface area (Å²) < 4.78 is 21.2. The topological polar surface area (TPSA) is 108 Å². The van der Waals surface area contributed by atoms with Gasteiger partial charge in [0.1, 0.15) is 5.82 Å². The minimum Gasteiger partial charge on any atom is -0.479 e. The number of anilines is 4. The fraction of sp³-hybridized carbons (Fsp3) is 0.500. The molecule has 11 heteroatoms. The first-order valence-corrected chi connectivity index (χ1v) is 13.2. The van der Waals surface area contributed by atoms with Crippen molar-refractivity contribution in [1.29, 1.82) is 0 Å². The number of amides is 1. The van der Waals surface area contributed by atoms with Crippen molar-refractivity contribution in [3.8, 4) is 5.75 Å². The number of halogens is 1. The highest BCUT2D eigenvalue weighted by atomic mass is 79.9. The summed E-state index contributed by atoms with van der Waals surface area (Å²) in [6, 6.07) is 5.72. The first-order chi connectivity index (χ1) is 16.0. The normalized spacial score (nSPS) is 17.8. The summed E-state index contributed by atoms with van der Waals surface area (Å²) in [5.74, 6) is 1.52. The van der Waals surface area contributed by atoms with Crippen LogP contribution in [0.4, 0.5) is 23.1 Å². The molecule has 0 saturated carbocycles. The van der Waals surface area contributed by atoms with Crippen molar-refractivity contribution in [1.82, 2.24) is 14.3 Å². The Morgan fingerprint density at radius 1 is 1.30 bits per heavy atom. The Labute approximate surface area is 204 Å². The van der Waals surface area contributed by atoms with Gasteiger partial charge in [-0.3, -0.25) is 4.79 Å². The predicted octanol–water partition coefficient (Wildman–Crippen LogP) is 4.04. The standard InChI is InChI=1S/C22H29BrN6O3S/c1-3-15(4-2)33(31)29-10-8-14(9-11-29)25-22-24-12-16(23)21(28-22)27-18-7-5-6-17-20(18)32-13-19(30)26-17/h5-7,12,14-15H,3-4,8-11,13H2,1-2H3,(H,26,30)(H2,24,25,27,28). The fourth-order valence-corrected chi connectivity index (χ4v) is 5.87. The Morgan fingerprint density at radius 3 is 2.79 bits per heavy atom. The lowest BCUT2D eigenvalue weighted by Crippen LogP contribution is -2.42. The van der Waals surface area contributed by atoms with E-state index in [2.05, 4.69) is 60.0 Å². The molecule has 3 heterocycles. The second-order valence-electron chi connectivity index (χ2n) is 8.10. The molecule has 2 aliphatic rings. The zero-order valence-corrected chi connectivity index (χ0v) is 21.2. The molecule has 2 aromatic rings. The van der Waals surface area contributed by atoms with Crippen LogP contribution in [0.1, 0.15) is 39.5 Å². The first-order valence-electron chi connectivity index (χ1n) is 11.3. The molecular formula is C22H29BrN6O3S. The van der Waals surface area contributed by atoms with Gasteiger partial charge in [0.2, 0.25) is 5.95 Å². The van der Waals surface area contributed by atoms with Crippen molar-refractivity contribution in [2.45, 2.75) is 50.8 Å². The number of aromatic nitrogens is 2. The average Bonchev–Trinajstić information content (AvgIpc) is 2.82. The Hall–Kier alpha value is -2.24. The number of para-hydroxylation sites is 1. The number of fused-ring (bicyclic) bond motifs is 1. The summed E-state index contributed by atoms with van der Waals surface area (Å²) in [7, 11) is -0.919. The monoisotopic (exact) mass is 536 g/mol. The van der Waals surface area contributed by atoms with E-state index < -0.39 is 11.0 Å². The number of hydrogen-bond donors (Lipinski definition) is 3. The molecular weight excluding hydrogens is 508 g/mol. The lowest BCUT2D eigenvalue weighted by molar-refractivity contribution is -0.118. The van der Waals surface area contributed by atoms with Crippen LogP contribution in [0.3, 0.4) is 0 Å². The molecule has 1 fully saturated rings. The molecule has 0 bridgehead atoms. The summed E-state index contributed by atoms with van der Waals surface area (Å²) in [4.78, 5) is 20.6. The van der Waals surface area contributed by atoms with Gasteiger partial charge < -0.3 is 20.7 Å². The van der Waals surface area contributed by atoms with Crippen LogP contribution >= 0.6 is 15.9 Å². The molecule has 2 aliphatic heterocycles. The second-order valence-corrected chi connectivity index (χ2v) is 10.7. The van der Waals surface area contributed by atoms with Gasteiger partial charge in [0.05, 0.1) is 26.8 Å². The lowest BCUT2D eigenvalue weighted by Gasteiger charge is -2.33. The summed E-state index contributed by atoms with van der Waals surface area (Å²) in [6.45, 7) is 5.77. The van der Waals surface area contributed by atoms with Gasteiger partial charge in [-0.1, -0.05) is 19.9 Å². The molecule has 0 aliphatic carbocycles. The Balaban J connectivity index is 1.40. The third kappa shape index (κ3) is 5.64. The highest BCUT2D eigenvalue weighted by molar-refractivity contribution is 9.10. The lowest BCUT2D eigenvalue weighted by atomic mass is 10.1. The number of rotatable bonds is 8. The summed E-state index contributed by atoms with van der Waals surface area (Å²) in [6.07, 6.45) is 5.34. The van der Waals surface area contributed by atoms with Crippen LogP contribution in [-0.4, -0.2) is 55.4 Å². The van der Waals surface area contributed by atoms with Crippen molar-refractivity contribution >= 4 is 56.0 Å². The van der Waals surface area contributed by atoms with E-state index in [1.165, 1.54) is 0 Å². The second kappa shape index (κ2) is 10.8. The molecule has 1 saturated heterocycles. The van der Waals surface area contributed by atoms with E-state index >= 15 is 0 Å². The quantitative estimate of drug-likeness (QED) is 0.467. The zero-order valence-electron chi connectivity index (χ0n) is 18.8. The van der Waals surface area contributed by atoms with Gasteiger partial charge in [-0.05, 0) is 53.7 Å². The molecule has 1 amide bonds. The Bertz CT molecular complexity index is 1030. The maximum Gasteiger partial charge on any atom is 0.262 e. The van der Waals surface area contributed by atoms with Gasteiger partial charge in [0.15, 0.2) is 12.4 Å². The molecule has 1 atom stereocenters. The number of carbonyl (C=O) groups excluding carboxylic acids is 1. The molecule has 178 valence electrons. The van der Waals surface area contributed by atoms with E-state index in [0.29, 0.717) is 33.4 Å². The van der Waals surface area contributed by atoms with Gasteiger partial charge >= 0.3 is 0 Å². The molecule has 1 unspecified atom stereocenters. The van der Waals surface area contributed by atoms with Crippen molar-refractivity contribution < 1.29 is 13.7 Å². The largest absolute Gasteiger partial charge is 0.479 e. The number of benzene rings is 1. The molecule has 1 aromatic carbocycles. The summed E-state index contributed by atoms with van der Waals surface area (Å²) >= 11 is 3.50. The molecule has 0 spiro atoms. The Kier molecular flexibility index (Phi) is 7.82. The highest BCUT2D eigenvalue weighted by Gasteiger charge is 2.27. The molecule has 1 aromatic heterocycles. The van der Waals surface area contributed by atoms with Crippen LogP contribution in [0.15, 0.2) is 28.9 Å². The van der Waals surface area contributed by atoms with Crippen LogP contribution in [0.5, 0.6) is 5.75 Å². The first kappa shape index (κ1) is 23.9. The Morgan fingerprint density at radius 2 is 2.06 bits per heavy atom.